The van der Waals surface area contributed by atoms with Crippen molar-refractivity contribution in [3.8, 4) is 11.5 Å². The lowest BCUT2D eigenvalue weighted by atomic mass is 10.1. The van der Waals surface area contributed by atoms with Crippen LogP contribution in [0.5, 0.6) is 11.5 Å². The van der Waals surface area contributed by atoms with Gasteiger partial charge in [0.2, 0.25) is 0 Å². The molecule has 0 aliphatic rings. The smallest absolute Gasteiger partial charge is 0.255 e. The van der Waals surface area contributed by atoms with Crippen LogP contribution in [0.2, 0.25) is 0 Å². The molecule has 0 aliphatic heterocycles. The molecule has 2 aromatic rings. The normalized spacial score (nSPS) is 10.2. The molecule has 0 atom stereocenters. The van der Waals surface area contributed by atoms with E-state index in [-0.39, 0.29) is 29.2 Å². The first kappa shape index (κ1) is 14.8. The van der Waals surface area contributed by atoms with Crippen LogP contribution in [-0.4, -0.2) is 18.1 Å². The fraction of sp³-hybridized carbons (Fsp3) is 0.133. The Morgan fingerprint density at radius 2 is 2.05 bits per heavy atom. The monoisotopic (exact) mass is 293 g/mol. The molecule has 0 aromatic heterocycles. The van der Waals surface area contributed by atoms with Gasteiger partial charge in [0.25, 0.3) is 5.91 Å². The molecule has 0 aliphatic carbocycles. The van der Waals surface area contributed by atoms with Gasteiger partial charge in [0, 0.05) is 12.1 Å². The quantitative estimate of drug-likeness (QED) is 0.911. The van der Waals surface area contributed by atoms with E-state index in [9.17, 15) is 18.7 Å². The summed E-state index contributed by atoms with van der Waals surface area (Å²) < 4.78 is 31.3. The van der Waals surface area contributed by atoms with Crippen LogP contribution in [-0.2, 0) is 6.54 Å². The fourth-order valence-corrected chi connectivity index (χ4v) is 1.82. The Bertz CT molecular complexity index is 674. The van der Waals surface area contributed by atoms with Crippen LogP contribution in [0.4, 0.5) is 8.78 Å². The number of hydrogen-bond donors (Lipinski definition) is 2. The molecule has 0 fully saturated rings. The van der Waals surface area contributed by atoms with E-state index in [1.807, 2.05) is 0 Å². The van der Waals surface area contributed by atoms with E-state index in [4.69, 9.17) is 4.74 Å². The lowest BCUT2D eigenvalue weighted by Gasteiger charge is -2.10. The second-order valence-corrected chi connectivity index (χ2v) is 4.27. The molecule has 6 heteroatoms. The first-order valence-corrected chi connectivity index (χ1v) is 6.11. The standard InChI is InChI=1S/C15H13F2NO3/c1-21-13-4-2-3-11(14(13)19)15(20)18-8-9-7-10(16)5-6-12(9)17/h2-7,19H,8H2,1H3,(H,18,20). The molecule has 0 radical (unpaired) electrons. The number of halogens is 2. The third-order valence-electron chi connectivity index (χ3n) is 2.91. The minimum atomic E-state index is -0.619. The minimum absolute atomic E-state index is 0.00818. The van der Waals surface area contributed by atoms with Crippen molar-refractivity contribution in [2.24, 2.45) is 0 Å². The summed E-state index contributed by atoms with van der Waals surface area (Å²) in [6.07, 6.45) is 0. The topological polar surface area (TPSA) is 58.6 Å². The SMILES string of the molecule is COc1cccc(C(=O)NCc2cc(F)ccc2F)c1O. The molecule has 0 unspecified atom stereocenters. The fourth-order valence-electron chi connectivity index (χ4n) is 1.82. The van der Waals surface area contributed by atoms with Gasteiger partial charge in [-0.1, -0.05) is 6.07 Å². The molecule has 0 saturated carbocycles. The number of phenolic OH excluding ortho intramolecular Hbond substituents is 1. The van der Waals surface area contributed by atoms with Crippen molar-refractivity contribution in [1.29, 1.82) is 0 Å². The number of aromatic hydroxyl groups is 1. The third kappa shape index (κ3) is 3.28. The van der Waals surface area contributed by atoms with Crippen LogP contribution in [0.1, 0.15) is 15.9 Å². The number of amides is 1. The molecule has 2 N–H and O–H groups in total. The number of carbonyl (C=O) groups excluding carboxylic acids is 1. The zero-order valence-corrected chi connectivity index (χ0v) is 11.2. The first-order valence-electron chi connectivity index (χ1n) is 6.11. The number of para-hydroxylation sites is 1. The summed E-state index contributed by atoms with van der Waals surface area (Å²) in [7, 11) is 1.36. The summed E-state index contributed by atoms with van der Waals surface area (Å²) >= 11 is 0. The Morgan fingerprint density at radius 3 is 2.76 bits per heavy atom. The van der Waals surface area contributed by atoms with Gasteiger partial charge in [0.05, 0.1) is 12.7 Å². The predicted molar refractivity (Wildman–Crippen MR) is 72.2 cm³/mol. The second-order valence-electron chi connectivity index (χ2n) is 4.27. The van der Waals surface area contributed by atoms with Gasteiger partial charge in [-0.3, -0.25) is 4.79 Å². The molecule has 0 heterocycles. The predicted octanol–water partition coefficient (Wildman–Crippen LogP) is 2.61. The maximum atomic E-state index is 13.4. The number of rotatable bonds is 4. The van der Waals surface area contributed by atoms with Gasteiger partial charge < -0.3 is 15.2 Å². The van der Waals surface area contributed by atoms with Crippen molar-refractivity contribution in [3.63, 3.8) is 0 Å². The van der Waals surface area contributed by atoms with Gasteiger partial charge in [-0.2, -0.15) is 0 Å². The molecular weight excluding hydrogens is 280 g/mol. The summed E-state index contributed by atoms with van der Waals surface area (Å²) in [6, 6.07) is 7.42. The van der Waals surface area contributed by atoms with E-state index in [1.165, 1.54) is 25.3 Å². The van der Waals surface area contributed by atoms with Gasteiger partial charge in [-0.05, 0) is 30.3 Å². The van der Waals surface area contributed by atoms with Crippen LogP contribution >= 0.6 is 0 Å². The average Bonchev–Trinajstić information content (AvgIpc) is 2.48. The van der Waals surface area contributed by atoms with Crippen molar-refractivity contribution in [2.45, 2.75) is 6.54 Å². The number of hydrogen-bond acceptors (Lipinski definition) is 3. The Morgan fingerprint density at radius 1 is 1.29 bits per heavy atom. The van der Waals surface area contributed by atoms with Crippen LogP contribution in [0.3, 0.4) is 0 Å². The lowest BCUT2D eigenvalue weighted by molar-refractivity contribution is 0.0947. The highest BCUT2D eigenvalue weighted by molar-refractivity contribution is 5.97. The van der Waals surface area contributed by atoms with Crippen LogP contribution in [0.25, 0.3) is 0 Å². The van der Waals surface area contributed by atoms with Crippen LogP contribution in [0.15, 0.2) is 36.4 Å². The van der Waals surface area contributed by atoms with E-state index in [1.54, 1.807) is 0 Å². The molecule has 2 rings (SSSR count). The molecule has 1 amide bonds. The van der Waals surface area contributed by atoms with E-state index < -0.39 is 17.5 Å². The summed E-state index contributed by atoms with van der Waals surface area (Å²) in [4.78, 5) is 12.0. The average molecular weight is 293 g/mol. The number of benzene rings is 2. The Hall–Kier alpha value is -2.63. The molecule has 2 aromatic carbocycles. The second kappa shape index (κ2) is 6.21. The van der Waals surface area contributed by atoms with Crippen molar-refractivity contribution >= 4 is 5.91 Å². The van der Waals surface area contributed by atoms with Gasteiger partial charge in [0.1, 0.15) is 11.6 Å². The zero-order valence-electron chi connectivity index (χ0n) is 11.2. The molecule has 0 spiro atoms. The van der Waals surface area contributed by atoms with Gasteiger partial charge in [-0.15, -0.1) is 0 Å². The first-order chi connectivity index (χ1) is 10.0. The van der Waals surface area contributed by atoms with E-state index >= 15 is 0 Å². The van der Waals surface area contributed by atoms with Crippen molar-refractivity contribution in [1.82, 2.24) is 5.32 Å². The summed E-state index contributed by atoms with van der Waals surface area (Å²) in [5.74, 6) is -1.98. The number of phenols is 1. The van der Waals surface area contributed by atoms with Crippen molar-refractivity contribution in [2.75, 3.05) is 7.11 Å². The van der Waals surface area contributed by atoms with Gasteiger partial charge in [0.15, 0.2) is 11.5 Å². The number of nitrogens with one attached hydrogen (secondary N) is 1. The van der Waals surface area contributed by atoms with E-state index in [0.717, 1.165) is 18.2 Å². The molecule has 0 saturated heterocycles. The van der Waals surface area contributed by atoms with Crippen molar-refractivity contribution < 1.29 is 23.4 Å². The van der Waals surface area contributed by atoms with Crippen LogP contribution < -0.4 is 10.1 Å². The summed E-state index contributed by atoms with van der Waals surface area (Å²) in [6.45, 7) is -0.195. The molecule has 21 heavy (non-hydrogen) atoms. The Labute approximate surface area is 120 Å². The maximum absolute atomic E-state index is 13.4. The molecule has 0 bridgehead atoms. The lowest BCUT2D eigenvalue weighted by Crippen LogP contribution is -2.23. The van der Waals surface area contributed by atoms with Crippen LogP contribution in [0, 0.1) is 11.6 Å². The van der Waals surface area contributed by atoms with Gasteiger partial charge in [-0.25, -0.2) is 8.78 Å². The zero-order chi connectivity index (χ0) is 15.4. The number of ether oxygens (including phenoxy) is 1. The highest BCUT2D eigenvalue weighted by Gasteiger charge is 2.15. The highest BCUT2D eigenvalue weighted by atomic mass is 19.1. The minimum Gasteiger partial charge on any atom is -0.504 e. The number of methoxy groups -OCH3 is 1. The van der Waals surface area contributed by atoms with E-state index in [0.29, 0.717) is 0 Å². The Balaban J connectivity index is 2.14. The van der Waals surface area contributed by atoms with E-state index in [2.05, 4.69) is 5.32 Å². The summed E-state index contributed by atoms with van der Waals surface area (Å²) in [5, 5.41) is 12.2. The number of carbonyl (C=O) groups is 1. The third-order valence-corrected chi connectivity index (χ3v) is 2.91. The van der Waals surface area contributed by atoms with Crippen molar-refractivity contribution in [3.05, 3.63) is 59.2 Å². The largest absolute Gasteiger partial charge is 0.504 e. The maximum Gasteiger partial charge on any atom is 0.255 e. The molecule has 110 valence electrons. The highest BCUT2D eigenvalue weighted by Crippen LogP contribution is 2.29. The summed E-state index contributed by atoms with van der Waals surface area (Å²) in [5.41, 5.74) is 0.0110. The molecule has 4 nitrogen and oxygen atoms in total. The Kier molecular flexibility index (Phi) is 4.37. The van der Waals surface area contributed by atoms with Gasteiger partial charge >= 0.3 is 0 Å². The molecular formula is C15H13F2NO3.